The van der Waals surface area contributed by atoms with Crippen molar-refractivity contribution in [2.24, 2.45) is 5.73 Å². The molecule has 1 fully saturated rings. The summed E-state index contributed by atoms with van der Waals surface area (Å²) in [6.07, 6.45) is 6.65. The van der Waals surface area contributed by atoms with Crippen molar-refractivity contribution in [1.29, 1.82) is 0 Å². The fourth-order valence-corrected chi connectivity index (χ4v) is 4.01. The molecular formula is C17H26ClNO2. The number of nitrogens with two attached hydrogens (primary N) is 1. The van der Waals surface area contributed by atoms with Crippen molar-refractivity contribution < 1.29 is 9.47 Å². The van der Waals surface area contributed by atoms with Gasteiger partial charge in [-0.25, -0.2) is 0 Å². The van der Waals surface area contributed by atoms with Gasteiger partial charge in [0, 0.05) is 17.5 Å². The van der Waals surface area contributed by atoms with Crippen LogP contribution in [0.1, 0.15) is 50.2 Å². The van der Waals surface area contributed by atoms with Crippen molar-refractivity contribution in [1.82, 2.24) is 0 Å². The molecule has 0 atom stereocenters. The molecule has 0 aromatic heterocycles. The number of methoxy groups -OCH3 is 2. The monoisotopic (exact) mass is 311 g/mol. The maximum atomic E-state index is 6.73. The third kappa shape index (κ3) is 2.86. The third-order valence-corrected chi connectivity index (χ3v) is 5.23. The Kier molecular flexibility index (Phi) is 5.39. The van der Waals surface area contributed by atoms with Gasteiger partial charge in [-0.2, -0.15) is 0 Å². The van der Waals surface area contributed by atoms with E-state index in [0.717, 1.165) is 46.9 Å². The molecule has 2 N–H and O–H groups in total. The lowest BCUT2D eigenvalue weighted by atomic mass is 9.68. The normalized spacial score (nSPS) is 17.6. The van der Waals surface area contributed by atoms with Crippen molar-refractivity contribution in [3.63, 3.8) is 0 Å². The molecule has 0 saturated heterocycles. The Hall–Kier alpha value is -0.930. The van der Waals surface area contributed by atoms with Gasteiger partial charge >= 0.3 is 0 Å². The molecule has 0 radical (unpaired) electrons. The molecule has 118 valence electrons. The fourth-order valence-electron chi connectivity index (χ4n) is 3.54. The highest BCUT2D eigenvalue weighted by Gasteiger charge is 2.38. The number of hydrogen-bond donors (Lipinski definition) is 1. The molecule has 0 bridgehead atoms. The molecule has 4 heteroatoms. The van der Waals surface area contributed by atoms with Crippen molar-refractivity contribution in [2.75, 3.05) is 20.8 Å². The highest BCUT2D eigenvalue weighted by atomic mass is 35.5. The summed E-state index contributed by atoms with van der Waals surface area (Å²) in [6.45, 7) is 2.70. The van der Waals surface area contributed by atoms with Crippen molar-refractivity contribution in [2.45, 2.75) is 50.9 Å². The molecule has 0 heterocycles. The Balaban J connectivity index is 2.69. The zero-order valence-electron chi connectivity index (χ0n) is 13.3. The summed E-state index contributed by atoms with van der Waals surface area (Å²) in [6, 6.07) is 1.98. The average Bonchev–Trinajstić information content (AvgIpc) is 2.54. The molecule has 3 nitrogen and oxygen atoms in total. The van der Waals surface area contributed by atoms with Crippen LogP contribution < -0.4 is 15.2 Å². The van der Waals surface area contributed by atoms with E-state index in [4.69, 9.17) is 26.8 Å². The van der Waals surface area contributed by atoms with Crippen LogP contribution in [0.5, 0.6) is 11.5 Å². The van der Waals surface area contributed by atoms with Crippen molar-refractivity contribution in [3.05, 3.63) is 22.2 Å². The second kappa shape index (κ2) is 6.89. The van der Waals surface area contributed by atoms with Crippen LogP contribution in [0.3, 0.4) is 0 Å². The summed E-state index contributed by atoms with van der Waals surface area (Å²) in [7, 11) is 3.35. The Labute approximate surface area is 132 Å². The molecule has 0 amide bonds. The molecule has 1 aliphatic carbocycles. The zero-order chi connectivity index (χ0) is 15.5. The van der Waals surface area contributed by atoms with Gasteiger partial charge in [-0.05, 0) is 30.9 Å². The molecular weight excluding hydrogens is 286 g/mol. The number of halogens is 1. The van der Waals surface area contributed by atoms with Crippen LogP contribution >= 0.6 is 11.6 Å². The van der Waals surface area contributed by atoms with E-state index in [0.29, 0.717) is 6.54 Å². The Morgan fingerprint density at radius 1 is 1.19 bits per heavy atom. The summed E-state index contributed by atoms with van der Waals surface area (Å²) in [5.74, 6) is 1.51. The second-order valence-electron chi connectivity index (χ2n) is 5.86. The third-order valence-electron chi connectivity index (χ3n) is 4.79. The molecule has 1 aromatic carbocycles. The lowest BCUT2D eigenvalue weighted by Crippen LogP contribution is -2.38. The van der Waals surface area contributed by atoms with Gasteiger partial charge in [-0.15, -0.1) is 0 Å². The highest BCUT2D eigenvalue weighted by molar-refractivity contribution is 6.32. The molecule has 1 aliphatic rings. The van der Waals surface area contributed by atoms with E-state index >= 15 is 0 Å². The average molecular weight is 312 g/mol. The number of rotatable bonds is 5. The molecule has 1 aromatic rings. The van der Waals surface area contributed by atoms with Gasteiger partial charge in [0.05, 0.1) is 19.2 Å². The van der Waals surface area contributed by atoms with E-state index in [1.165, 1.54) is 19.3 Å². The van der Waals surface area contributed by atoms with Crippen molar-refractivity contribution >= 4 is 11.6 Å². The number of benzene rings is 1. The summed E-state index contributed by atoms with van der Waals surface area (Å²) >= 11 is 6.73. The topological polar surface area (TPSA) is 44.5 Å². The summed E-state index contributed by atoms with van der Waals surface area (Å²) in [5.41, 5.74) is 8.27. The van der Waals surface area contributed by atoms with Gasteiger partial charge in [-0.3, -0.25) is 0 Å². The van der Waals surface area contributed by atoms with Crippen LogP contribution in [0.2, 0.25) is 5.02 Å². The van der Waals surface area contributed by atoms with Gasteiger partial charge < -0.3 is 15.2 Å². The largest absolute Gasteiger partial charge is 0.493 e. The maximum absolute atomic E-state index is 6.73. The predicted octanol–water partition coefficient (Wildman–Crippen LogP) is 4.08. The van der Waals surface area contributed by atoms with E-state index in [1.807, 2.05) is 6.07 Å². The summed E-state index contributed by atoms with van der Waals surface area (Å²) in [5, 5.41) is 0.808. The first kappa shape index (κ1) is 16.4. The van der Waals surface area contributed by atoms with Gasteiger partial charge in [-0.1, -0.05) is 37.8 Å². The van der Waals surface area contributed by atoms with Gasteiger partial charge in [0.15, 0.2) is 11.5 Å². The lowest BCUT2D eigenvalue weighted by Gasteiger charge is -2.39. The quantitative estimate of drug-likeness (QED) is 0.891. The van der Waals surface area contributed by atoms with Crippen LogP contribution in [-0.4, -0.2) is 20.8 Å². The summed E-state index contributed by atoms with van der Waals surface area (Å²) in [4.78, 5) is 0. The molecule has 2 rings (SSSR count). The van der Waals surface area contributed by atoms with E-state index in [2.05, 4.69) is 6.92 Å². The van der Waals surface area contributed by atoms with E-state index in [-0.39, 0.29) is 5.41 Å². The second-order valence-corrected chi connectivity index (χ2v) is 6.24. The molecule has 0 aliphatic heterocycles. The van der Waals surface area contributed by atoms with Gasteiger partial charge in [0.1, 0.15) is 0 Å². The highest BCUT2D eigenvalue weighted by Crippen LogP contribution is 2.50. The first-order chi connectivity index (χ1) is 10.1. The number of hydrogen-bond acceptors (Lipinski definition) is 3. The number of ether oxygens (including phenoxy) is 2. The molecule has 0 unspecified atom stereocenters. The lowest BCUT2D eigenvalue weighted by molar-refractivity contribution is 0.281. The maximum Gasteiger partial charge on any atom is 0.166 e. The van der Waals surface area contributed by atoms with Gasteiger partial charge in [0.2, 0.25) is 0 Å². The smallest absolute Gasteiger partial charge is 0.166 e. The van der Waals surface area contributed by atoms with Crippen LogP contribution in [0.4, 0.5) is 0 Å². The fraction of sp³-hybridized carbons (Fsp3) is 0.647. The van der Waals surface area contributed by atoms with E-state index < -0.39 is 0 Å². The summed E-state index contributed by atoms with van der Waals surface area (Å²) < 4.78 is 11.2. The zero-order valence-corrected chi connectivity index (χ0v) is 14.1. The minimum absolute atomic E-state index is 0.0842. The van der Waals surface area contributed by atoms with Crippen LogP contribution in [-0.2, 0) is 11.8 Å². The minimum atomic E-state index is -0.0842. The van der Waals surface area contributed by atoms with Gasteiger partial charge in [0.25, 0.3) is 0 Å². The Morgan fingerprint density at radius 3 is 2.33 bits per heavy atom. The number of aryl methyl sites for hydroxylation is 1. The first-order valence-corrected chi connectivity index (χ1v) is 8.15. The van der Waals surface area contributed by atoms with E-state index in [9.17, 15) is 0 Å². The standard InChI is InChI=1S/C17H26ClNO2/c1-4-12-10-13(20-2)16(21-3)14(15(12)18)17(11-19)8-6-5-7-9-17/h10H,4-9,11,19H2,1-3H3. The SMILES string of the molecule is CCc1cc(OC)c(OC)c(C2(CN)CCCCC2)c1Cl. The molecule has 21 heavy (non-hydrogen) atoms. The Morgan fingerprint density at radius 2 is 1.86 bits per heavy atom. The van der Waals surface area contributed by atoms with Crippen LogP contribution in [0, 0.1) is 0 Å². The van der Waals surface area contributed by atoms with Crippen LogP contribution in [0.15, 0.2) is 6.07 Å². The first-order valence-electron chi connectivity index (χ1n) is 7.77. The molecule has 0 spiro atoms. The molecule has 1 saturated carbocycles. The predicted molar refractivity (Wildman–Crippen MR) is 87.8 cm³/mol. The minimum Gasteiger partial charge on any atom is -0.493 e. The Bertz CT molecular complexity index is 496. The van der Waals surface area contributed by atoms with Crippen molar-refractivity contribution in [3.8, 4) is 11.5 Å². The van der Waals surface area contributed by atoms with E-state index in [1.54, 1.807) is 14.2 Å². The van der Waals surface area contributed by atoms with Crippen LogP contribution in [0.25, 0.3) is 0 Å².